The number of morpholine rings is 1. The highest BCUT2D eigenvalue weighted by molar-refractivity contribution is 6.04. The monoisotopic (exact) mass is 406 g/mol. The summed E-state index contributed by atoms with van der Waals surface area (Å²) < 4.78 is 7.05. The van der Waals surface area contributed by atoms with Crippen molar-refractivity contribution in [2.75, 3.05) is 26.2 Å². The summed E-state index contributed by atoms with van der Waals surface area (Å²) in [6, 6.07) is 16.2. The van der Waals surface area contributed by atoms with Crippen molar-refractivity contribution >= 4 is 16.7 Å². The van der Waals surface area contributed by atoms with Crippen molar-refractivity contribution in [3.05, 3.63) is 70.6 Å². The molecule has 1 saturated heterocycles. The highest BCUT2D eigenvalue weighted by atomic mass is 16.5. The largest absolute Gasteiger partial charge is 0.373 e. The normalized spacial score (nSPS) is 19.7. The van der Waals surface area contributed by atoms with E-state index in [4.69, 9.17) is 4.74 Å². The summed E-state index contributed by atoms with van der Waals surface area (Å²) in [6.07, 6.45) is 0.369. The van der Waals surface area contributed by atoms with Crippen LogP contribution in [0.15, 0.2) is 59.4 Å². The van der Waals surface area contributed by atoms with Gasteiger partial charge < -0.3 is 10.1 Å². The molecular weight excluding hydrogens is 380 g/mol. The highest BCUT2D eigenvalue weighted by Gasteiger charge is 2.22. The lowest BCUT2D eigenvalue weighted by molar-refractivity contribution is -0.0672. The topological polar surface area (TPSA) is 76.5 Å². The van der Waals surface area contributed by atoms with Gasteiger partial charge in [0.2, 0.25) is 0 Å². The summed E-state index contributed by atoms with van der Waals surface area (Å²) in [5, 5.41) is 8.41. The van der Waals surface area contributed by atoms with E-state index < -0.39 is 0 Å². The molecule has 4 rings (SSSR count). The van der Waals surface area contributed by atoms with E-state index >= 15 is 0 Å². The van der Waals surface area contributed by atoms with Crippen molar-refractivity contribution in [2.45, 2.75) is 26.1 Å². The average molecular weight is 406 g/mol. The highest BCUT2D eigenvalue weighted by Crippen LogP contribution is 2.15. The van der Waals surface area contributed by atoms with E-state index in [-0.39, 0.29) is 29.4 Å². The summed E-state index contributed by atoms with van der Waals surface area (Å²) >= 11 is 0. The molecule has 1 fully saturated rings. The standard InChI is InChI=1S/C23H26N4O3/c1-16-14-26(15-17(2)30-16)13-12-24-22(28)21-19-10-6-7-11-20(19)23(29)27(25-21)18-8-4-3-5-9-18/h3-11,16-17H,12-15H2,1-2H3,(H,24,28)/t16-,17+. The summed E-state index contributed by atoms with van der Waals surface area (Å²) in [6.45, 7) is 7.05. The van der Waals surface area contributed by atoms with Gasteiger partial charge >= 0.3 is 0 Å². The van der Waals surface area contributed by atoms with Crippen LogP contribution in [0, 0.1) is 0 Å². The van der Waals surface area contributed by atoms with E-state index in [1.165, 1.54) is 4.68 Å². The fourth-order valence-corrected chi connectivity index (χ4v) is 3.98. The lowest BCUT2D eigenvalue weighted by Gasteiger charge is -2.35. The number of ether oxygens (including phenoxy) is 1. The molecule has 1 aliphatic rings. The van der Waals surface area contributed by atoms with Gasteiger partial charge in [-0.3, -0.25) is 14.5 Å². The molecule has 2 atom stereocenters. The zero-order chi connectivity index (χ0) is 21.1. The van der Waals surface area contributed by atoms with Gasteiger partial charge in [0.05, 0.1) is 23.3 Å². The van der Waals surface area contributed by atoms with Crippen molar-refractivity contribution in [3.63, 3.8) is 0 Å². The van der Waals surface area contributed by atoms with Crippen molar-refractivity contribution in [2.24, 2.45) is 0 Å². The third-order valence-electron chi connectivity index (χ3n) is 5.23. The van der Waals surface area contributed by atoms with Gasteiger partial charge in [-0.1, -0.05) is 36.4 Å². The van der Waals surface area contributed by atoms with E-state index in [1.54, 1.807) is 30.3 Å². The third-order valence-corrected chi connectivity index (χ3v) is 5.23. The van der Waals surface area contributed by atoms with Gasteiger partial charge in [-0.15, -0.1) is 0 Å². The Morgan fingerprint density at radius 2 is 1.67 bits per heavy atom. The van der Waals surface area contributed by atoms with Gasteiger partial charge in [0.1, 0.15) is 0 Å². The van der Waals surface area contributed by atoms with Gasteiger partial charge in [-0.25, -0.2) is 0 Å². The molecule has 156 valence electrons. The number of nitrogens with zero attached hydrogens (tertiary/aromatic N) is 3. The predicted molar refractivity (Wildman–Crippen MR) is 116 cm³/mol. The third kappa shape index (κ3) is 4.27. The molecule has 0 spiro atoms. The van der Waals surface area contributed by atoms with Gasteiger partial charge in [-0.2, -0.15) is 9.78 Å². The first kappa shape index (κ1) is 20.3. The maximum absolute atomic E-state index is 13.0. The minimum absolute atomic E-state index is 0.185. The zero-order valence-electron chi connectivity index (χ0n) is 17.2. The van der Waals surface area contributed by atoms with Gasteiger partial charge in [-0.05, 0) is 32.0 Å². The van der Waals surface area contributed by atoms with Crippen LogP contribution in [-0.4, -0.2) is 59.0 Å². The second-order valence-electron chi connectivity index (χ2n) is 7.72. The van der Waals surface area contributed by atoms with Crippen molar-refractivity contribution in [1.29, 1.82) is 0 Å². The molecule has 2 heterocycles. The number of rotatable bonds is 5. The second kappa shape index (κ2) is 8.77. The summed E-state index contributed by atoms with van der Waals surface area (Å²) in [5.74, 6) is -0.287. The lowest BCUT2D eigenvalue weighted by atomic mass is 10.1. The van der Waals surface area contributed by atoms with Crippen molar-refractivity contribution in [1.82, 2.24) is 20.0 Å². The Bertz CT molecular complexity index is 1090. The van der Waals surface area contributed by atoms with E-state index in [0.717, 1.165) is 19.6 Å². The molecule has 0 saturated carbocycles. The number of benzene rings is 2. The Labute approximate surface area is 175 Å². The van der Waals surface area contributed by atoms with Crippen LogP contribution >= 0.6 is 0 Å². The zero-order valence-corrected chi connectivity index (χ0v) is 17.2. The van der Waals surface area contributed by atoms with Crippen LogP contribution in [0.1, 0.15) is 24.3 Å². The Hall–Kier alpha value is -3.03. The van der Waals surface area contributed by atoms with E-state index in [1.807, 2.05) is 24.3 Å². The number of amides is 1. The molecule has 3 aromatic rings. The van der Waals surface area contributed by atoms with Crippen molar-refractivity contribution in [3.8, 4) is 5.69 Å². The predicted octanol–water partition coefficient (Wildman–Crippen LogP) is 2.22. The maximum atomic E-state index is 13.0. The minimum atomic E-state index is -0.287. The Balaban J connectivity index is 1.58. The molecule has 30 heavy (non-hydrogen) atoms. The van der Waals surface area contributed by atoms with E-state index in [0.29, 0.717) is 23.0 Å². The van der Waals surface area contributed by atoms with Crippen LogP contribution < -0.4 is 10.9 Å². The molecule has 1 aromatic heterocycles. The van der Waals surface area contributed by atoms with E-state index in [2.05, 4.69) is 29.2 Å². The number of carbonyl (C=O) groups excluding carboxylic acids is 1. The fraction of sp³-hybridized carbons (Fsp3) is 0.348. The molecule has 7 heteroatoms. The van der Waals surface area contributed by atoms with Gasteiger partial charge in [0, 0.05) is 31.6 Å². The Kier molecular flexibility index (Phi) is 5.92. The number of hydrogen-bond acceptors (Lipinski definition) is 5. The molecule has 0 unspecified atom stereocenters. The van der Waals surface area contributed by atoms with Crippen LogP contribution in [0.25, 0.3) is 16.5 Å². The van der Waals surface area contributed by atoms with Crippen LogP contribution in [-0.2, 0) is 4.74 Å². The molecule has 0 radical (unpaired) electrons. The van der Waals surface area contributed by atoms with Gasteiger partial charge in [0.15, 0.2) is 5.69 Å². The Morgan fingerprint density at radius 3 is 2.37 bits per heavy atom. The first-order valence-electron chi connectivity index (χ1n) is 10.3. The molecule has 7 nitrogen and oxygen atoms in total. The van der Waals surface area contributed by atoms with Crippen molar-refractivity contribution < 1.29 is 9.53 Å². The SMILES string of the molecule is C[C@@H]1CN(CCNC(=O)c2nn(-c3ccccc3)c(=O)c3ccccc23)C[C@H](C)O1. The quantitative estimate of drug-likeness (QED) is 0.703. The van der Waals surface area contributed by atoms with Gasteiger partial charge in [0.25, 0.3) is 11.5 Å². The van der Waals surface area contributed by atoms with Crippen LogP contribution in [0.4, 0.5) is 0 Å². The van der Waals surface area contributed by atoms with Crippen LogP contribution in [0.5, 0.6) is 0 Å². The Morgan fingerprint density at radius 1 is 1.03 bits per heavy atom. The molecule has 0 bridgehead atoms. The number of aromatic nitrogens is 2. The average Bonchev–Trinajstić information content (AvgIpc) is 2.74. The number of carbonyl (C=O) groups is 1. The fourth-order valence-electron chi connectivity index (χ4n) is 3.98. The minimum Gasteiger partial charge on any atom is -0.373 e. The number of hydrogen-bond donors (Lipinski definition) is 1. The molecular formula is C23H26N4O3. The molecule has 2 aromatic carbocycles. The van der Waals surface area contributed by atoms with E-state index in [9.17, 15) is 9.59 Å². The maximum Gasteiger partial charge on any atom is 0.279 e. The first-order chi connectivity index (χ1) is 14.5. The molecule has 1 amide bonds. The summed E-state index contributed by atoms with van der Waals surface area (Å²) in [4.78, 5) is 28.2. The van der Waals surface area contributed by atoms with Crippen LogP contribution in [0.3, 0.4) is 0 Å². The molecule has 1 aliphatic heterocycles. The molecule has 1 N–H and O–H groups in total. The lowest BCUT2D eigenvalue weighted by Crippen LogP contribution is -2.48. The van der Waals surface area contributed by atoms with Crippen LogP contribution in [0.2, 0.25) is 0 Å². The second-order valence-corrected chi connectivity index (χ2v) is 7.72. The summed E-state index contributed by atoms with van der Waals surface area (Å²) in [7, 11) is 0. The smallest absolute Gasteiger partial charge is 0.279 e. The number of fused-ring (bicyclic) bond motifs is 1. The number of para-hydroxylation sites is 1. The summed E-state index contributed by atoms with van der Waals surface area (Å²) in [5.41, 5.74) is 0.626. The number of nitrogens with one attached hydrogen (secondary N) is 1. The first-order valence-corrected chi connectivity index (χ1v) is 10.3. The molecule has 0 aliphatic carbocycles.